The molecule has 0 saturated heterocycles. The molecule has 0 radical (unpaired) electrons. The van der Waals surface area contributed by atoms with Crippen LogP contribution < -0.4 is 0 Å². The van der Waals surface area contributed by atoms with Gasteiger partial charge in [0.1, 0.15) is 0 Å². The van der Waals surface area contributed by atoms with Crippen LogP contribution in [0.1, 0.15) is 25.0 Å². The molecule has 0 aromatic heterocycles. The van der Waals surface area contributed by atoms with Gasteiger partial charge < -0.3 is 0 Å². The minimum Gasteiger partial charge on any atom is -0.0824 e. The van der Waals surface area contributed by atoms with Crippen molar-refractivity contribution in [2.45, 2.75) is 26.7 Å². The van der Waals surface area contributed by atoms with Crippen LogP contribution in [0.2, 0.25) is 15.1 Å². The van der Waals surface area contributed by atoms with Gasteiger partial charge in [-0.15, -0.1) is 0 Å². The Labute approximate surface area is 93.8 Å². The van der Waals surface area contributed by atoms with Crippen molar-refractivity contribution in [3.05, 3.63) is 32.3 Å². The summed E-state index contributed by atoms with van der Waals surface area (Å²) in [6, 6.07) is 2.02. The van der Waals surface area contributed by atoms with E-state index >= 15 is 0 Å². The lowest BCUT2D eigenvalue weighted by molar-refractivity contribution is 1.09. The zero-order valence-electron chi connectivity index (χ0n) is 7.63. The third kappa shape index (κ3) is 2.12. The van der Waals surface area contributed by atoms with Crippen LogP contribution in [0.25, 0.3) is 0 Å². The molecule has 0 heterocycles. The summed E-state index contributed by atoms with van der Waals surface area (Å²) < 4.78 is 0. The van der Waals surface area contributed by atoms with Crippen LogP contribution in [0.3, 0.4) is 0 Å². The zero-order chi connectivity index (χ0) is 10.0. The van der Waals surface area contributed by atoms with Crippen molar-refractivity contribution in [2.75, 3.05) is 0 Å². The molecule has 0 aliphatic heterocycles. The van der Waals surface area contributed by atoms with Crippen LogP contribution >= 0.6 is 34.8 Å². The highest BCUT2D eigenvalue weighted by Crippen LogP contribution is 2.36. The Hall–Kier alpha value is 0.0900. The Morgan fingerprint density at radius 1 is 0.846 bits per heavy atom. The maximum atomic E-state index is 6.01. The van der Waals surface area contributed by atoms with Crippen molar-refractivity contribution in [3.63, 3.8) is 0 Å². The first-order valence-corrected chi connectivity index (χ1v) is 5.40. The molecule has 1 rings (SSSR count). The molecule has 0 fully saturated rings. The van der Waals surface area contributed by atoms with Crippen molar-refractivity contribution < 1.29 is 0 Å². The molecule has 0 amide bonds. The highest BCUT2D eigenvalue weighted by atomic mass is 35.5. The number of hydrogen-bond acceptors (Lipinski definition) is 0. The first kappa shape index (κ1) is 11.2. The van der Waals surface area contributed by atoms with E-state index in [0.717, 1.165) is 24.0 Å². The Morgan fingerprint density at radius 2 is 1.23 bits per heavy atom. The van der Waals surface area contributed by atoms with E-state index in [2.05, 4.69) is 0 Å². The summed E-state index contributed by atoms with van der Waals surface area (Å²) in [4.78, 5) is 0. The molecule has 0 N–H and O–H groups in total. The normalized spacial score (nSPS) is 10.5. The lowest BCUT2D eigenvalue weighted by Crippen LogP contribution is -1.90. The molecule has 3 heteroatoms. The van der Waals surface area contributed by atoms with Crippen molar-refractivity contribution in [1.82, 2.24) is 0 Å². The van der Waals surface area contributed by atoms with Gasteiger partial charge in [0.25, 0.3) is 0 Å². The second-order valence-electron chi connectivity index (χ2n) is 2.84. The highest BCUT2D eigenvalue weighted by molar-refractivity contribution is 6.48. The third-order valence-electron chi connectivity index (χ3n) is 2.06. The van der Waals surface area contributed by atoms with Crippen molar-refractivity contribution >= 4 is 34.8 Å². The molecule has 0 aliphatic carbocycles. The van der Waals surface area contributed by atoms with Gasteiger partial charge in [-0.05, 0) is 24.0 Å². The Morgan fingerprint density at radius 3 is 1.54 bits per heavy atom. The number of aryl methyl sites for hydroxylation is 2. The minimum absolute atomic E-state index is 0.486. The summed E-state index contributed by atoms with van der Waals surface area (Å²) >= 11 is 18.0. The van der Waals surface area contributed by atoms with Gasteiger partial charge in [0, 0.05) is 0 Å². The van der Waals surface area contributed by atoms with Gasteiger partial charge in [-0.1, -0.05) is 54.7 Å². The second kappa shape index (κ2) is 4.54. The smallest absolute Gasteiger partial charge is 0.0784 e. The van der Waals surface area contributed by atoms with E-state index in [4.69, 9.17) is 34.8 Å². The molecule has 0 aliphatic rings. The second-order valence-corrected chi connectivity index (χ2v) is 3.98. The van der Waals surface area contributed by atoms with E-state index in [1.165, 1.54) is 0 Å². The molecule has 0 saturated carbocycles. The van der Waals surface area contributed by atoms with Crippen LogP contribution in [-0.4, -0.2) is 0 Å². The van der Waals surface area contributed by atoms with Crippen LogP contribution in [-0.2, 0) is 12.8 Å². The average Bonchev–Trinajstić information content (AvgIpc) is 2.15. The fourth-order valence-corrected chi connectivity index (χ4v) is 2.09. The highest BCUT2D eigenvalue weighted by Gasteiger charge is 2.11. The van der Waals surface area contributed by atoms with E-state index in [-0.39, 0.29) is 0 Å². The summed E-state index contributed by atoms with van der Waals surface area (Å²) in [6.45, 7) is 4.09. The maximum Gasteiger partial charge on any atom is 0.0784 e. The Kier molecular flexibility index (Phi) is 3.90. The first-order chi connectivity index (χ1) is 6.11. The van der Waals surface area contributed by atoms with Gasteiger partial charge in [-0.2, -0.15) is 0 Å². The summed E-state index contributed by atoms with van der Waals surface area (Å²) in [6.07, 6.45) is 1.76. The molecule has 1 aromatic carbocycles. The number of hydrogen-bond donors (Lipinski definition) is 0. The lowest BCUT2D eigenvalue weighted by Gasteiger charge is -2.09. The molecule has 1 aromatic rings. The van der Waals surface area contributed by atoms with Crippen LogP contribution in [0.5, 0.6) is 0 Å². The summed E-state index contributed by atoms with van der Waals surface area (Å²) in [5.41, 5.74) is 2.13. The quantitative estimate of drug-likeness (QED) is 0.650. The zero-order valence-corrected chi connectivity index (χ0v) is 9.89. The predicted molar refractivity (Wildman–Crippen MR) is 60.2 cm³/mol. The minimum atomic E-state index is 0.486. The molecule has 0 spiro atoms. The van der Waals surface area contributed by atoms with Crippen molar-refractivity contribution in [3.8, 4) is 0 Å². The third-order valence-corrected chi connectivity index (χ3v) is 3.49. The lowest BCUT2D eigenvalue weighted by atomic mass is 10.1. The van der Waals surface area contributed by atoms with Crippen LogP contribution in [0.15, 0.2) is 6.07 Å². The largest absolute Gasteiger partial charge is 0.0824 e. The predicted octanol–water partition coefficient (Wildman–Crippen LogP) is 4.77. The molecule has 72 valence electrons. The van der Waals surface area contributed by atoms with E-state index < -0.39 is 0 Å². The topological polar surface area (TPSA) is 0 Å². The monoisotopic (exact) mass is 236 g/mol. The van der Waals surface area contributed by atoms with Gasteiger partial charge >= 0.3 is 0 Å². The fourth-order valence-electron chi connectivity index (χ4n) is 1.23. The van der Waals surface area contributed by atoms with Gasteiger partial charge in [0.05, 0.1) is 15.1 Å². The molecule has 13 heavy (non-hydrogen) atoms. The van der Waals surface area contributed by atoms with Crippen molar-refractivity contribution in [2.24, 2.45) is 0 Å². The van der Waals surface area contributed by atoms with Gasteiger partial charge in [0.15, 0.2) is 0 Å². The molecule has 0 unspecified atom stereocenters. The standard InChI is InChI=1S/C10H11Cl3/c1-3-6-5-7(4-2)9(12)10(13)8(6)11/h5H,3-4H2,1-2H3. The number of rotatable bonds is 2. The molecular weight excluding hydrogens is 226 g/mol. The molecule has 0 nitrogen and oxygen atoms in total. The summed E-state index contributed by atoms with van der Waals surface area (Å²) in [7, 11) is 0. The summed E-state index contributed by atoms with van der Waals surface area (Å²) in [5.74, 6) is 0. The van der Waals surface area contributed by atoms with Crippen molar-refractivity contribution in [1.29, 1.82) is 0 Å². The maximum absolute atomic E-state index is 6.01. The first-order valence-electron chi connectivity index (χ1n) is 4.27. The summed E-state index contributed by atoms with van der Waals surface area (Å²) in [5, 5.41) is 1.66. The van der Waals surface area contributed by atoms with Gasteiger partial charge in [-0.25, -0.2) is 0 Å². The molecular formula is C10H11Cl3. The SMILES string of the molecule is CCc1cc(CC)c(Cl)c(Cl)c1Cl. The van der Waals surface area contributed by atoms with Gasteiger partial charge in [0.2, 0.25) is 0 Å². The number of benzene rings is 1. The van der Waals surface area contributed by atoms with E-state index in [1.807, 2.05) is 19.9 Å². The van der Waals surface area contributed by atoms with E-state index in [0.29, 0.717) is 15.1 Å². The Bertz CT molecular complexity index is 290. The fraction of sp³-hybridized carbons (Fsp3) is 0.400. The number of halogens is 3. The van der Waals surface area contributed by atoms with E-state index in [9.17, 15) is 0 Å². The van der Waals surface area contributed by atoms with Crippen LogP contribution in [0.4, 0.5) is 0 Å². The molecule has 0 bridgehead atoms. The average molecular weight is 238 g/mol. The van der Waals surface area contributed by atoms with Gasteiger partial charge in [-0.3, -0.25) is 0 Å². The Balaban J connectivity index is 3.36. The van der Waals surface area contributed by atoms with E-state index in [1.54, 1.807) is 0 Å². The molecule has 0 atom stereocenters. The van der Waals surface area contributed by atoms with Crippen LogP contribution in [0, 0.1) is 0 Å².